The fraction of sp³-hybridized carbons (Fsp3) is 1.00. The van der Waals surface area contributed by atoms with Crippen molar-refractivity contribution in [2.45, 2.75) is 130 Å². The van der Waals surface area contributed by atoms with Crippen molar-refractivity contribution in [3.63, 3.8) is 0 Å². The molecule has 0 aliphatic heterocycles. The molecule has 0 bridgehead atoms. The molecular weight excluding hydrogens is 384 g/mol. The molecule has 0 N–H and O–H groups in total. The second kappa shape index (κ2) is 19.8. The van der Waals surface area contributed by atoms with Gasteiger partial charge in [-0.25, -0.2) is 8.37 Å². The number of hydrogen-bond acceptors (Lipinski definition) is 4. The smallest absolute Gasteiger partial charge is 0.248 e. The van der Waals surface area contributed by atoms with Crippen molar-refractivity contribution < 1.29 is 16.8 Å². The van der Waals surface area contributed by atoms with E-state index in [-0.39, 0.29) is 13.2 Å². The van der Waals surface area contributed by atoms with Gasteiger partial charge in [-0.05, 0) is 24.7 Å². The average Bonchev–Trinajstić information content (AvgIpc) is 2.68. The van der Waals surface area contributed by atoms with Crippen LogP contribution in [0.2, 0.25) is 0 Å². The maximum atomic E-state index is 11.8. The molecule has 29 heavy (non-hydrogen) atoms. The molecule has 0 rings (SSSR count). The molecule has 0 spiro atoms. The van der Waals surface area contributed by atoms with E-state index >= 15 is 0 Å². The Hall–Kier alpha value is -0.130. The normalized spacial score (nSPS) is 14.2. The molecule has 0 heterocycles. The zero-order valence-corrected chi connectivity index (χ0v) is 20.7. The fourth-order valence-corrected chi connectivity index (χ4v) is 4.39. The van der Waals surface area contributed by atoms with Crippen LogP contribution in [-0.2, 0) is 18.8 Å². The van der Waals surface area contributed by atoms with E-state index in [1.807, 2.05) is 0 Å². The second-order valence-corrected chi connectivity index (χ2v) is 10.2. The van der Waals surface area contributed by atoms with Crippen LogP contribution in [0.4, 0.5) is 0 Å². The van der Waals surface area contributed by atoms with Gasteiger partial charge in [-0.15, -0.1) is 0 Å². The van der Waals surface area contributed by atoms with Crippen molar-refractivity contribution in [3.05, 3.63) is 0 Å². The van der Waals surface area contributed by atoms with Gasteiger partial charge in [-0.2, -0.15) is 8.42 Å². The van der Waals surface area contributed by atoms with Crippen LogP contribution >= 0.6 is 0 Å². The lowest BCUT2D eigenvalue weighted by atomic mass is 9.97. The first kappa shape index (κ1) is 28.9. The maximum Gasteiger partial charge on any atom is 0.399 e. The first-order chi connectivity index (χ1) is 13.9. The Labute approximate surface area is 182 Å². The molecule has 0 aromatic heterocycles. The topological polar surface area (TPSA) is 52.6 Å². The van der Waals surface area contributed by atoms with Crippen molar-refractivity contribution >= 4 is 10.4 Å². The highest BCUT2D eigenvalue weighted by Crippen LogP contribution is 2.18. The standard InChI is InChI=1S/C24H50O4S/c1-5-7-9-11-17-23(3)19-13-15-21-27-29(25,26)28-22-16-14-20-24(4)18-12-10-8-6-2/h23-24H,5-22H2,1-4H3. The SMILES string of the molecule is CCCCCCC(C)CCCCOS(=O)(=O)OCCCCC(C)CCCCCC. The monoisotopic (exact) mass is 434 g/mol. The van der Waals surface area contributed by atoms with Crippen LogP contribution in [0.25, 0.3) is 0 Å². The zero-order valence-electron chi connectivity index (χ0n) is 19.9. The van der Waals surface area contributed by atoms with Gasteiger partial charge in [-0.1, -0.05) is 118 Å². The minimum absolute atomic E-state index is 0.236. The Bertz CT molecular complexity index is 402. The predicted octanol–water partition coefficient (Wildman–Crippen LogP) is 7.82. The summed E-state index contributed by atoms with van der Waals surface area (Å²) in [6.07, 6.45) is 18.9. The lowest BCUT2D eigenvalue weighted by Crippen LogP contribution is -2.12. The minimum Gasteiger partial charge on any atom is -0.248 e. The molecule has 0 aromatic carbocycles. The summed E-state index contributed by atoms with van der Waals surface area (Å²) in [5.41, 5.74) is 0. The molecule has 0 fully saturated rings. The van der Waals surface area contributed by atoms with E-state index in [0.29, 0.717) is 11.8 Å². The highest BCUT2D eigenvalue weighted by molar-refractivity contribution is 7.81. The summed E-state index contributed by atoms with van der Waals surface area (Å²) in [7, 11) is -3.82. The second-order valence-electron chi connectivity index (χ2n) is 8.95. The molecular formula is C24H50O4S. The molecule has 0 aromatic rings. The van der Waals surface area contributed by atoms with Gasteiger partial charge in [0.25, 0.3) is 0 Å². The Morgan fingerprint density at radius 1 is 0.552 bits per heavy atom. The fourth-order valence-electron chi connectivity index (χ4n) is 3.67. The van der Waals surface area contributed by atoms with Crippen molar-refractivity contribution in [2.24, 2.45) is 11.8 Å². The number of rotatable bonds is 22. The molecule has 0 aliphatic carbocycles. The summed E-state index contributed by atoms with van der Waals surface area (Å²) in [4.78, 5) is 0. The van der Waals surface area contributed by atoms with Crippen LogP contribution in [0.15, 0.2) is 0 Å². The molecule has 0 saturated carbocycles. The molecule has 2 atom stereocenters. The lowest BCUT2D eigenvalue weighted by Gasteiger charge is -2.12. The van der Waals surface area contributed by atoms with E-state index in [9.17, 15) is 8.42 Å². The van der Waals surface area contributed by atoms with Gasteiger partial charge in [-0.3, -0.25) is 0 Å². The average molecular weight is 435 g/mol. The van der Waals surface area contributed by atoms with Gasteiger partial charge < -0.3 is 0 Å². The van der Waals surface area contributed by atoms with Gasteiger partial charge in [0, 0.05) is 0 Å². The van der Waals surface area contributed by atoms with Crippen LogP contribution < -0.4 is 0 Å². The summed E-state index contributed by atoms with van der Waals surface area (Å²) in [6.45, 7) is 9.52. The van der Waals surface area contributed by atoms with Gasteiger partial charge in [0.05, 0.1) is 13.2 Å². The van der Waals surface area contributed by atoms with Crippen LogP contribution in [-0.4, -0.2) is 21.6 Å². The molecule has 4 nitrogen and oxygen atoms in total. The van der Waals surface area contributed by atoms with Crippen LogP contribution in [0.1, 0.15) is 130 Å². The van der Waals surface area contributed by atoms with E-state index in [4.69, 9.17) is 8.37 Å². The first-order valence-corrected chi connectivity index (χ1v) is 13.8. The van der Waals surface area contributed by atoms with E-state index in [2.05, 4.69) is 27.7 Å². The third-order valence-corrected chi connectivity index (χ3v) is 6.65. The Morgan fingerprint density at radius 3 is 1.24 bits per heavy atom. The molecule has 0 radical (unpaired) electrons. The van der Waals surface area contributed by atoms with Crippen molar-refractivity contribution in [1.29, 1.82) is 0 Å². The van der Waals surface area contributed by atoms with Crippen LogP contribution in [0.5, 0.6) is 0 Å². The predicted molar refractivity (Wildman–Crippen MR) is 124 cm³/mol. The van der Waals surface area contributed by atoms with Gasteiger partial charge in [0.1, 0.15) is 0 Å². The maximum absolute atomic E-state index is 11.8. The third-order valence-electron chi connectivity index (χ3n) is 5.74. The summed E-state index contributed by atoms with van der Waals surface area (Å²) in [5, 5.41) is 0. The van der Waals surface area contributed by atoms with E-state index in [1.54, 1.807) is 0 Å². The van der Waals surface area contributed by atoms with Gasteiger partial charge in [0.2, 0.25) is 0 Å². The lowest BCUT2D eigenvalue weighted by molar-refractivity contribution is 0.206. The van der Waals surface area contributed by atoms with Crippen LogP contribution in [0.3, 0.4) is 0 Å². The highest BCUT2D eigenvalue weighted by atomic mass is 32.3. The zero-order chi connectivity index (χ0) is 21.8. The van der Waals surface area contributed by atoms with Crippen molar-refractivity contribution in [1.82, 2.24) is 0 Å². The molecule has 0 aliphatic rings. The largest absolute Gasteiger partial charge is 0.399 e. The highest BCUT2D eigenvalue weighted by Gasteiger charge is 2.12. The summed E-state index contributed by atoms with van der Waals surface area (Å²) >= 11 is 0. The minimum atomic E-state index is -3.82. The Kier molecular flexibility index (Phi) is 19.7. The van der Waals surface area contributed by atoms with E-state index in [0.717, 1.165) is 38.5 Å². The van der Waals surface area contributed by atoms with E-state index in [1.165, 1.54) is 64.2 Å². The van der Waals surface area contributed by atoms with Crippen molar-refractivity contribution in [3.8, 4) is 0 Å². The molecule has 176 valence electrons. The summed E-state index contributed by atoms with van der Waals surface area (Å²) in [5.74, 6) is 1.43. The molecule has 0 amide bonds. The molecule has 0 saturated heterocycles. The Balaban J connectivity index is 3.57. The Morgan fingerprint density at radius 2 is 0.897 bits per heavy atom. The van der Waals surface area contributed by atoms with Gasteiger partial charge >= 0.3 is 10.4 Å². The van der Waals surface area contributed by atoms with Crippen LogP contribution in [0, 0.1) is 11.8 Å². The molecule has 2 unspecified atom stereocenters. The van der Waals surface area contributed by atoms with E-state index < -0.39 is 10.4 Å². The number of hydrogen-bond donors (Lipinski definition) is 0. The quantitative estimate of drug-likeness (QED) is 0.163. The summed E-state index contributed by atoms with van der Waals surface area (Å²) in [6, 6.07) is 0. The van der Waals surface area contributed by atoms with Gasteiger partial charge in [0.15, 0.2) is 0 Å². The molecule has 5 heteroatoms. The first-order valence-electron chi connectivity index (χ1n) is 12.4. The third kappa shape index (κ3) is 20.9. The number of unbranched alkanes of at least 4 members (excludes halogenated alkanes) is 8. The van der Waals surface area contributed by atoms with Crippen molar-refractivity contribution in [2.75, 3.05) is 13.2 Å². The summed E-state index contributed by atoms with van der Waals surface area (Å²) < 4.78 is 33.5.